The van der Waals surface area contributed by atoms with Gasteiger partial charge in [-0.25, -0.2) is 12.8 Å². The van der Waals surface area contributed by atoms with E-state index in [0.29, 0.717) is 12.0 Å². The van der Waals surface area contributed by atoms with E-state index in [2.05, 4.69) is 0 Å². The Morgan fingerprint density at radius 1 is 1.29 bits per heavy atom. The Labute approximate surface area is 100 Å². The molecule has 0 saturated carbocycles. The molecule has 0 aromatic heterocycles. The third-order valence-corrected chi connectivity index (χ3v) is 3.92. The van der Waals surface area contributed by atoms with Crippen molar-refractivity contribution >= 4 is 9.84 Å². The number of hydrogen-bond donors (Lipinski definition) is 0. The first-order valence-electron chi connectivity index (χ1n) is 5.31. The van der Waals surface area contributed by atoms with Crippen molar-refractivity contribution in [2.75, 3.05) is 6.26 Å². The van der Waals surface area contributed by atoms with Gasteiger partial charge in [0.05, 0.1) is 4.90 Å². The quantitative estimate of drug-likeness (QED) is 0.811. The molecule has 0 heterocycles. The second-order valence-corrected chi connectivity index (χ2v) is 6.09. The Hall–Kier alpha value is -1.42. The van der Waals surface area contributed by atoms with Crippen LogP contribution in [-0.4, -0.2) is 14.7 Å². The molecule has 0 amide bonds. The standard InChI is InChI=1S/C13H13FO2S/c1-17(15,16)13-8-3-2-7-12(13)10-5-4-6-11(14)9-10/h2-4,6-10H,5H2,1H3. The van der Waals surface area contributed by atoms with Crippen LogP contribution < -0.4 is 0 Å². The van der Waals surface area contributed by atoms with Crippen LogP contribution in [0.15, 0.2) is 53.2 Å². The Kier molecular flexibility index (Phi) is 3.15. The number of allylic oxidation sites excluding steroid dienone is 4. The van der Waals surface area contributed by atoms with Crippen LogP contribution in [0.25, 0.3) is 0 Å². The largest absolute Gasteiger partial charge is 0.224 e. The summed E-state index contributed by atoms with van der Waals surface area (Å²) in [7, 11) is -3.28. The fourth-order valence-corrected chi connectivity index (χ4v) is 2.96. The molecule has 0 aliphatic heterocycles. The lowest BCUT2D eigenvalue weighted by Gasteiger charge is -2.17. The molecule has 0 N–H and O–H groups in total. The number of benzene rings is 1. The highest BCUT2D eigenvalue weighted by Gasteiger charge is 2.19. The van der Waals surface area contributed by atoms with E-state index in [1.54, 1.807) is 30.3 Å². The summed E-state index contributed by atoms with van der Waals surface area (Å²) in [5, 5.41) is 0. The van der Waals surface area contributed by atoms with Gasteiger partial charge in [-0.05, 0) is 30.2 Å². The normalized spacial score (nSPS) is 20.1. The molecule has 1 atom stereocenters. The molecule has 1 aromatic carbocycles. The van der Waals surface area contributed by atoms with E-state index in [4.69, 9.17) is 0 Å². The van der Waals surface area contributed by atoms with E-state index in [0.717, 1.165) is 0 Å². The van der Waals surface area contributed by atoms with Crippen molar-refractivity contribution in [3.63, 3.8) is 0 Å². The van der Waals surface area contributed by atoms with Gasteiger partial charge in [0.1, 0.15) is 5.83 Å². The second-order valence-electron chi connectivity index (χ2n) is 4.11. The zero-order chi connectivity index (χ0) is 12.5. The Morgan fingerprint density at radius 3 is 2.65 bits per heavy atom. The van der Waals surface area contributed by atoms with E-state index < -0.39 is 9.84 Å². The third-order valence-electron chi connectivity index (χ3n) is 2.75. The molecule has 0 fully saturated rings. The lowest BCUT2D eigenvalue weighted by Crippen LogP contribution is -2.06. The van der Waals surface area contributed by atoms with Gasteiger partial charge in [0.25, 0.3) is 0 Å². The van der Waals surface area contributed by atoms with Gasteiger partial charge in [-0.1, -0.05) is 24.3 Å². The van der Waals surface area contributed by atoms with Gasteiger partial charge in [-0.2, -0.15) is 0 Å². The van der Waals surface area contributed by atoms with Crippen LogP contribution in [0.2, 0.25) is 0 Å². The molecular weight excluding hydrogens is 239 g/mol. The number of sulfone groups is 1. The molecule has 2 nitrogen and oxygen atoms in total. The molecular formula is C13H13FO2S. The van der Waals surface area contributed by atoms with Crippen LogP contribution in [-0.2, 0) is 9.84 Å². The number of hydrogen-bond acceptors (Lipinski definition) is 2. The predicted octanol–water partition coefficient (Wildman–Crippen LogP) is 2.99. The van der Waals surface area contributed by atoms with Crippen molar-refractivity contribution in [3.8, 4) is 0 Å². The van der Waals surface area contributed by atoms with Crippen molar-refractivity contribution < 1.29 is 12.8 Å². The third kappa shape index (κ3) is 2.64. The summed E-state index contributed by atoms with van der Waals surface area (Å²) in [6, 6.07) is 6.76. The number of rotatable bonds is 2. The second kappa shape index (κ2) is 4.45. The zero-order valence-corrected chi connectivity index (χ0v) is 10.2. The minimum atomic E-state index is -3.28. The molecule has 0 bridgehead atoms. The molecule has 2 rings (SSSR count). The summed E-state index contributed by atoms with van der Waals surface area (Å²) in [6.07, 6.45) is 6.38. The summed E-state index contributed by atoms with van der Waals surface area (Å²) in [6.45, 7) is 0. The molecule has 0 spiro atoms. The van der Waals surface area contributed by atoms with E-state index in [-0.39, 0.29) is 16.6 Å². The van der Waals surface area contributed by atoms with E-state index in [9.17, 15) is 12.8 Å². The molecule has 1 aromatic rings. The minimum Gasteiger partial charge on any atom is -0.224 e. The maximum absolute atomic E-state index is 13.2. The van der Waals surface area contributed by atoms with Gasteiger partial charge in [-0.3, -0.25) is 0 Å². The van der Waals surface area contributed by atoms with Crippen LogP contribution in [0.5, 0.6) is 0 Å². The van der Waals surface area contributed by atoms with Crippen molar-refractivity contribution in [2.45, 2.75) is 17.2 Å². The summed E-state index contributed by atoms with van der Waals surface area (Å²) in [4.78, 5) is 0.282. The van der Waals surface area contributed by atoms with Crippen molar-refractivity contribution in [1.29, 1.82) is 0 Å². The smallest absolute Gasteiger partial charge is 0.175 e. The van der Waals surface area contributed by atoms with Crippen molar-refractivity contribution in [2.24, 2.45) is 0 Å². The zero-order valence-electron chi connectivity index (χ0n) is 9.43. The summed E-state index contributed by atoms with van der Waals surface area (Å²) >= 11 is 0. The molecule has 4 heteroatoms. The maximum atomic E-state index is 13.2. The molecule has 1 unspecified atom stereocenters. The molecule has 0 saturated heterocycles. The molecule has 0 radical (unpaired) electrons. The predicted molar refractivity (Wildman–Crippen MR) is 65.2 cm³/mol. The Bertz CT molecular complexity index is 585. The summed E-state index contributed by atoms with van der Waals surface area (Å²) in [5.74, 6) is -0.518. The van der Waals surface area contributed by atoms with Gasteiger partial charge in [-0.15, -0.1) is 0 Å². The average molecular weight is 252 g/mol. The van der Waals surface area contributed by atoms with E-state index in [1.165, 1.54) is 18.4 Å². The van der Waals surface area contributed by atoms with Gasteiger partial charge in [0.2, 0.25) is 0 Å². The molecule has 90 valence electrons. The topological polar surface area (TPSA) is 34.1 Å². The molecule has 17 heavy (non-hydrogen) atoms. The average Bonchev–Trinajstić information content (AvgIpc) is 2.28. The highest BCUT2D eigenvalue weighted by Crippen LogP contribution is 2.31. The van der Waals surface area contributed by atoms with Crippen molar-refractivity contribution in [3.05, 3.63) is 53.9 Å². The van der Waals surface area contributed by atoms with Crippen molar-refractivity contribution in [1.82, 2.24) is 0 Å². The van der Waals surface area contributed by atoms with Crippen LogP contribution in [0.1, 0.15) is 17.9 Å². The highest BCUT2D eigenvalue weighted by molar-refractivity contribution is 7.90. The van der Waals surface area contributed by atoms with Crippen LogP contribution >= 0.6 is 0 Å². The van der Waals surface area contributed by atoms with Gasteiger partial charge in [0.15, 0.2) is 9.84 Å². The lowest BCUT2D eigenvalue weighted by molar-refractivity contribution is 0.598. The fraction of sp³-hybridized carbons (Fsp3) is 0.231. The summed E-state index contributed by atoms with van der Waals surface area (Å²) < 4.78 is 36.5. The first-order chi connectivity index (χ1) is 7.98. The first-order valence-corrected chi connectivity index (χ1v) is 7.20. The van der Waals surface area contributed by atoms with Gasteiger partial charge >= 0.3 is 0 Å². The van der Waals surface area contributed by atoms with Gasteiger partial charge in [0, 0.05) is 12.2 Å². The molecule has 1 aliphatic rings. The SMILES string of the molecule is CS(=O)(=O)c1ccccc1C1C=C(F)C=CC1. The summed E-state index contributed by atoms with van der Waals surface area (Å²) in [5.41, 5.74) is 0.662. The molecule has 1 aliphatic carbocycles. The van der Waals surface area contributed by atoms with E-state index in [1.807, 2.05) is 0 Å². The van der Waals surface area contributed by atoms with E-state index >= 15 is 0 Å². The monoisotopic (exact) mass is 252 g/mol. The maximum Gasteiger partial charge on any atom is 0.175 e. The fourth-order valence-electron chi connectivity index (χ4n) is 1.98. The lowest BCUT2D eigenvalue weighted by atomic mass is 9.92. The Balaban J connectivity index is 2.50. The van der Waals surface area contributed by atoms with Gasteiger partial charge < -0.3 is 0 Å². The van der Waals surface area contributed by atoms with Crippen LogP contribution in [0, 0.1) is 0 Å². The van der Waals surface area contributed by atoms with Crippen LogP contribution in [0.4, 0.5) is 4.39 Å². The van der Waals surface area contributed by atoms with Crippen LogP contribution in [0.3, 0.4) is 0 Å². The minimum absolute atomic E-state index is 0.203. The first kappa shape index (κ1) is 12.0. The highest BCUT2D eigenvalue weighted by atomic mass is 32.2. The Morgan fingerprint density at radius 2 is 2.00 bits per heavy atom. The number of halogens is 1.